The Labute approximate surface area is 95.6 Å². The Bertz CT molecular complexity index is 395. The third kappa shape index (κ3) is 2.71. The maximum absolute atomic E-state index is 13.4. The lowest BCUT2D eigenvalue weighted by Gasteiger charge is -1.99. The first-order valence-corrected chi connectivity index (χ1v) is 5.16. The smallest absolute Gasteiger partial charge is 0.158 e. The van der Waals surface area contributed by atoms with Gasteiger partial charge in [-0.05, 0) is 28.1 Å². The van der Waals surface area contributed by atoms with E-state index in [2.05, 4.69) is 27.8 Å². The molecule has 0 saturated carbocycles. The molecule has 2 N–H and O–H groups in total. The minimum Gasteiger partial charge on any atom is -0.330 e. The van der Waals surface area contributed by atoms with Gasteiger partial charge >= 0.3 is 0 Å². The van der Waals surface area contributed by atoms with Crippen molar-refractivity contribution in [3.63, 3.8) is 0 Å². The molecule has 0 radical (unpaired) electrons. The van der Waals surface area contributed by atoms with Gasteiger partial charge in [0.25, 0.3) is 0 Å². The number of rotatable bonds is 1. The van der Waals surface area contributed by atoms with E-state index < -0.39 is 5.82 Å². The molecular weight excluding hydrogens is 268 g/mol. The van der Waals surface area contributed by atoms with Crippen LogP contribution in [0.4, 0.5) is 4.39 Å². The van der Waals surface area contributed by atoms with Crippen LogP contribution in [0.2, 0.25) is 5.02 Å². The average molecular weight is 277 g/mol. The zero-order valence-electron chi connectivity index (χ0n) is 7.28. The van der Waals surface area contributed by atoms with Crippen LogP contribution in [0.3, 0.4) is 0 Å². The van der Waals surface area contributed by atoms with Gasteiger partial charge in [0.2, 0.25) is 0 Å². The number of hydrogen-bond acceptors (Lipinski definition) is 1. The molecule has 1 aromatic rings. The Morgan fingerprint density at radius 3 is 2.86 bits per heavy atom. The van der Waals surface area contributed by atoms with E-state index in [-0.39, 0.29) is 5.02 Å². The van der Waals surface area contributed by atoms with Crippen molar-refractivity contribution < 1.29 is 4.39 Å². The largest absolute Gasteiger partial charge is 0.330 e. The molecule has 0 amide bonds. The molecular formula is C10H8BrClFN. The topological polar surface area (TPSA) is 26.0 Å². The molecule has 0 heterocycles. The van der Waals surface area contributed by atoms with Crippen LogP contribution in [0, 0.1) is 17.7 Å². The van der Waals surface area contributed by atoms with Gasteiger partial charge < -0.3 is 5.73 Å². The van der Waals surface area contributed by atoms with Crippen LogP contribution in [0.5, 0.6) is 0 Å². The molecule has 0 aliphatic rings. The van der Waals surface area contributed by atoms with Crippen LogP contribution in [0.25, 0.3) is 0 Å². The third-order valence-electron chi connectivity index (χ3n) is 1.53. The summed E-state index contributed by atoms with van der Waals surface area (Å²) in [6, 6.07) is 3.24. The minimum atomic E-state index is -0.495. The number of benzene rings is 1. The van der Waals surface area contributed by atoms with E-state index in [1.165, 1.54) is 0 Å². The minimum absolute atomic E-state index is 0.0598. The van der Waals surface area contributed by atoms with Gasteiger partial charge in [-0.1, -0.05) is 23.4 Å². The fourth-order valence-electron chi connectivity index (χ4n) is 0.852. The molecule has 0 aromatic heterocycles. The summed E-state index contributed by atoms with van der Waals surface area (Å²) in [7, 11) is 0. The van der Waals surface area contributed by atoms with Gasteiger partial charge in [0.15, 0.2) is 5.82 Å². The van der Waals surface area contributed by atoms with E-state index in [4.69, 9.17) is 17.3 Å². The monoisotopic (exact) mass is 275 g/mol. The Balaban J connectivity index is 3.02. The Morgan fingerprint density at radius 2 is 2.21 bits per heavy atom. The van der Waals surface area contributed by atoms with Gasteiger partial charge in [-0.2, -0.15) is 0 Å². The summed E-state index contributed by atoms with van der Waals surface area (Å²) in [6.45, 7) is 0.471. The maximum Gasteiger partial charge on any atom is 0.158 e. The molecule has 1 rings (SSSR count). The second kappa shape index (κ2) is 5.35. The normalized spacial score (nSPS) is 9.43. The standard InChI is InChI=1S/C10H8BrClFN/c11-8-5-4-7(3-1-2-6-14)10(13)9(8)12/h4-5H,2,6,14H2. The number of halogens is 3. The Hall–Kier alpha value is -0.560. The van der Waals surface area contributed by atoms with E-state index in [0.717, 1.165) is 0 Å². The van der Waals surface area contributed by atoms with Gasteiger partial charge in [-0.3, -0.25) is 0 Å². The van der Waals surface area contributed by atoms with Crippen molar-refractivity contribution in [2.45, 2.75) is 6.42 Å². The van der Waals surface area contributed by atoms with Crippen molar-refractivity contribution >= 4 is 27.5 Å². The molecule has 0 bridgehead atoms. The van der Waals surface area contributed by atoms with Gasteiger partial charge in [0.1, 0.15) is 0 Å². The van der Waals surface area contributed by atoms with E-state index >= 15 is 0 Å². The first kappa shape index (κ1) is 11.5. The van der Waals surface area contributed by atoms with Gasteiger partial charge in [0, 0.05) is 17.4 Å². The van der Waals surface area contributed by atoms with Gasteiger partial charge in [0.05, 0.1) is 10.6 Å². The summed E-state index contributed by atoms with van der Waals surface area (Å²) >= 11 is 8.80. The van der Waals surface area contributed by atoms with Crippen LogP contribution >= 0.6 is 27.5 Å². The molecule has 1 nitrogen and oxygen atoms in total. The lowest BCUT2D eigenvalue weighted by atomic mass is 10.2. The molecule has 1 aromatic carbocycles. The molecule has 0 atom stereocenters. The maximum atomic E-state index is 13.4. The molecule has 0 spiro atoms. The van der Waals surface area contributed by atoms with Crippen molar-refractivity contribution in [2.75, 3.05) is 6.54 Å². The van der Waals surface area contributed by atoms with Crippen LogP contribution in [-0.4, -0.2) is 6.54 Å². The first-order chi connectivity index (χ1) is 6.66. The van der Waals surface area contributed by atoms with Crippen LogP contribution in [-0.2, 0) is 0 Å². The predicted molar refractivity (Wildman–Crippen MR) is 59.7 cm³/mol. The lowest BCUT2D eigenvalue weighted by molar-refractivity contribution is 0.624. The molecule has 4 heteroatoms. The second-order valence-corrected chi connectivity index (χ2v) is 3.80. The zero-order valence-corrected chi connectivity index (χ0v) is 9.62. The number of hydrogen-bond donors (Lipinski definition) is 1. The Morgan fingerprint density at radius 1 is 1.50 bits per heavy atom. The second-order valence-electron chi connectivity index (χ2n) is 2.56. The fraction of sp³-hybridized carbons (Fsp3) is 0.200. The molecule has 14 heavy (non-hydrogen) atoms. The highest BCUT2D eigenvalue weighted by Gasteiger charge is 2.07. The highest BCUT2D eigenvalue weighted by atomic mass is 79.9. The van der Waals surface area contributed by atoms with Crippen LogP contribution in [0.15, 0.2) is 16.6 Å². The van der Waals surface area contributed by atoms with E-state index in [1.807, 2.05) is 0 Å². The summed E-state index contributed by atoms with van der Waals surface area (Å²) in [6.07, 6.45) is 0.549. The SMILES string of the molecule is NCCC#Cc1ccc(Br)c(Cl)c1F. The molecule has 0 aliphatic carbocycles. The summed E-state index contributed by atoms with van der Waals surface area (Å²) in [5, 5.41) is 0.0598. The summed E-state index contributed by atoms with van der Waals surface area (Å²) in [4.78, 5) is 0. The van der Waals surface area contributed by atoms with Crippen molar-refractivity contribution in [3.05, 3.63) is 33.0 Å². The van der Waals surface area contributed by atoms with Crippen molar-refractivity contribution in [1.29, 1.82) is 0 Å². The summed E-state index contributed by atoms with van der Waals surface area (Å²) in [5.74, 6) is 4.93. The molecule has 0 aliphatic heterocycles. The van der Waals surface area contributed by atoms with Crippen LogP contribution in [0.1, 0.15) is 12.0 Å². The van der Waals surface area contributed by atoms with Crippen LogP contribution < -0.4 is 5.73 Å². The summed E-state index contributed by atoms with van der Waals surface area (Å²) in [5.41, 5.74) is 5.55. The lowest BCUT2D eigenvalue weighted by Crippen LogP contribution is -1.95. The fourth-order valence-corrected chi connectivity index (χ4v) is 1.32. The Kier molecular flexibility index (Phi) is 4.40. The quantitative estimate of drug-likeness (QED) is 0.619. The average Bonchev–Trinajstić information content (AvgIpc) is 2.18. The summed E-state index contributed by atoms with van der Waals surface area (Å²) < 4.78 is 13.9. The molecule has 0 fully saturated rings. The van der Waals surface area contributed by atoms with E-state index in [1.54, 1.807) is 12.1 Å². The van der Waals surface area contributed by atoms with E-state index in [0.29, 0.717) is 23.0 Å². The highest BCUT2D eigenvalue weighted by molar-refractivity contribution is 9.10. The first-order valence-electron chi connectivity index (χ1n) is 3.99. The number of nitrogens with two attached hydrogens (primary N) is 1. The van der Waals surface area contributed by atoms with Crippen molar-refractivity contribution in [3.8, 4) is 11.8 Å². The van der Waals surface area contributed by atoms with Gasteiger partial charge in [-0.15, -0.1) is 0 Å². The zero-order chi connectivity index (χ0) is 10.6. The van der Waals surface area contributed by atoms with Crippen molar-refractivity contribution in [2.24, 2.45) is 5.73 Å². The third-order valence-corrected chi connectivity index (χ3v) is 2.79. The predicted octanol–water partition coefficient (Wildman–Crippen LogP) is 2.94. The van der Waals surface area contributed by atoms with Crippen molar-refractivity contribution in [1.82, 2.24) is 0 Å². The molecule has 0 unspecified atom stereocenters. The van der Waals surface area contributed by atoms with E-state index in [9.17, 15) is 4.39 Å². The molecule has 0 saturated heterocycles. The molecule has 74 valence electrons. The highest BCUT2D eigenvalue weighted by Crippen LogP contribution is 2.26. The van der Waals surface area contributed by atoms with Gasteiger partial charge in [-0.25, -0.2) is 4.39 Å².